The second-order valence-corrected chi connectivity index (χ2v) is 4.79. The Labute approximate surface area is 123 Å². The topological polar surface area (TPSA) is 72.6 Å². The van der Waals surface area contributed by atoms with Crippen molar-refractivity contribution in [2.75, 3.05) is 0 Å². The quantitative estimate of drug-likeness (QED) is 0.662. The average molecular weight is 287 g/mol. The smallest absolute Gasteiger partial charge is 0.311 e. The van der Waals surface area contributed by atoms with Gasteiger partial charge in [-0.15, -0.1) is 0 Å². The van der Waals surface area contributed by atoms with Gasteiger partial charge in [0.15, 0.2) is 0 Å². The van der Waals surface area contributed by atoms with E-state index in [1.165, 1.54) is 6.07 Å². The second-order valence-electron chi connectivity index (χ2n) is 4.79. The number of aliphatic hydroxyl groups excluding tert-OH is 1. The van der Waals surface area contributed by atoms with Crippen LogP contribution in [0, 0.1) is 17.0 Å². The lowest BCUT2D eigenvalue weighted by Crippen LogP contribution is -2.00. The van der Waals surface area contributed by atoms with Gasteiger partial charge >= 0.3 is 5.69 Å². The fourth-order valence-electron chi connectivity index (χ4n) is 2.04. The third kappa shape index (κ3) is 3.38. The Balaban J connectivity index is 2.41. The summed E-state index contributed by atoms with van der Waals surface area (Å²) in [5, 5.41) is 21.1. The maximum atomic E-state index is 11.1. The Morgan fingerprint density at radius 1 is 1.24 bits per heavy atom. The zero-order chi connectivity index (χ0) is 15.4. The molecule has 2 aromatic carbocycles. The summed E-state index contributed by atoms with van der Waals surface area (Å²) in [4.78, 5) is 10.6. The number of benzene rings is 2. The van der Waals surface area contributed by atoms with E-state index in [-0.39, 0.29) is 11.4 Å². The molecular formula is C16H17NO4. The molecule has 0 heterocycles. The van der Waals surface area contributed by atoms with Gasteiger partial charge in [-0.25, -0.2) is 0 Å². The van der Waals surface area contributed by atoms with Gasteiger partial charge in [0.05, 0.1) is 11.0 Å². The van der Waals surface area contributed by atoms with Crippen molar-refractivity contribution in [1.82, 2.24) is 0 Å². The first-order chi connectivity index (χ1) is 10.0. The molecule has 0 saturated carbocycles. The van der Waals surface area contributed by atoms with Crippen molar-refractivity contribution < 1.29 is 14.8 Å². The molecule has 0 radical (unpaired) electrons. The van der Waals surface area contributed by atoms with Crippen molar-refractivity contribution in [2.24, 2.45) is 0 Å². The predicted octanol–water partition coefficient (Wildman–Crippen LogP) is 4.14. The van der Waals surface area contributed by atoms with Crippen LogP contribution in [0.1, 0.15) is 30.6 Å². The monoisotopic (exact) mass is 287 g/mol. The standard InChI is InChI=1S/C16H17NO4/c1-3-14(18)12-6-4-5-7-15(12)21-16-9-8-11(2)10-13(16)17(19)20/h4-10,14,18H,3H2,1-2H3. The molecule has 5 nitrogen and oxygen atoms in total. The molecule has 21 heavy (non-hydrogen) atoms. The maximum Gasteiger partial charge on any atom is 0.311 e. The number of rotatable bonds is 5. The van der Waals surface area contributed by atoms with Crippen LogP contribution >= 0.6 is 0 Å². The van der Waals surface area contributed by atoms with Gasteiger partial charge in [0.2, 0.25) is 5.75 Å². The van der Waals surface area contributed by atoms with Gasteiger partial charge in [-0.05, 0) is 31.0 Å². The first kappa shape index (κ1) is 15.0. The lowest BCUT2D eigenvalue weighted by atomic mass is 10.1. The fourth-order valence-corrected chi connectivity index (χ4v) is 2.04. The number of para-hydroxylation sites is 1. The van der Waals surface area contributed by atoms with Crippen LogP contribution < -0.4 is 4.74 Å². The summed E-state index contributed by atoms with van der Waals surface area (Å²) in [5.41, 5.74) is 1.32. The molecule has 0 fully saturated rings. The van der Waals surface area contributed by atoms with Crippen molar-refractivity contribution in [2.45, 2.75) is 26.4 Å². The number of nitro benzene ring substituents is 1. The Morgan fingerprint density at radius 2 is 1.95 bits per heavy atom. The molecule has 0 bridgehead atoms. The van der Waals surface area contributed by atoms with Crippen LogP contribution in [0.5, 0.6) is 11.5 Å². The second kappa shape index (κ2) is 6.37. The van der Waals surface area contributed by atoms with Gasteiger partial charge in [0, 0.05) is 11.6 Å². The van der Waals surface area contributed by atoms with E-state index in [4.69, 9.17) is 4.74 Å². The number of aryl methyl sites for hydroxylation is 1. The fraction of sp³-hybridized carbons (Fsp3) is 0.250. The molecule has 1 atom stereocenters. The highest BCUT2D eigenvalue weighted by Gasteiger charge is 2.18. The van der Waals surface area contributed by atoms with Crippen molar-refractivity contribution in [3.05, 3.63) is 63.7 Å². The maximum absolute atomic E-state index is 11.1. The minimum atomic E-state index is -0.661. The lowest BCUT2D eigenvalue weighted by Gasteiger charge is -2.14. The number of ether oxygens (including phenoxy) is 1. The van der Waals surface area contributed by atoms with Crippen LogP contribution in [0.2, 0.25) is 0 Å². The molecule has 0 aliphatic carbocycles. The third-order valence-corrected chi connectivity index (χ3v) is 3.20. The molecular weight excluding hydrogens is 270 g/mol. The summed E-state index contributed by atoms with van der Waals surface area (Å²) in [6, 6.07) is 11.8. The summed E-state index contributed by atoms with van der Waals surface area (Å²) >= 11 is 0. The molecule has 110 valence electrons. The predicted molar refractivity (Wildman–Crippen MR) is 79.6 cm³/mol. The average Bonchev–Trinajstić information content (AvgIpc) is 2.48. The molecule has 0 saturated heterocycles. The largest absolute Gasteiger partial charge is 0.450 e. The highest BCUT2D eigenvalue weighted by molar-refractivity contribution is 5.51. The van der Waals surface area contributed by atoms with E-state index >= 15 is 0 Å². The molecule has 2 rings (SSSR count). The Hall–Kier alpha value is -2.40. The molecule has 0 aromatic heterocycles. The molecule has 0 spiro atoms. The summed E-state index contributed by atoms with van der Waals surface area (Å²) < 4.78 is 5.68. The molecule has 0 aliphatic rings. The number of nitrogens with zero attached hydrogens (tertiary/aromatic N) is 1. The van der Waals surface area contributed by atoms with Crippen molar-refractivity contribution in [3.8, 4) is 11.5 Å². The molecule has 1 N–H and O–H groups in total. The summed E-state index contributed by atoms with van der Waals surface area (Å²) in [7, 11) is 0. The van der Waals surface area contributed by atoms with Gasteiger partial charge in [-0.3, -0.25) is 10.1 Å². The highest BCUT2D eigenvalue weighted by Crippen LogP contribution is 2.35. The molecule has 0 aliphatic heterocycles. The van der Waals surface area contributed by atoms with Gasteiger partial charge in [-0.2, -0.15) is 0 Å². The summed E-state index contributed by atoms with van der Waals surface area (Å²) in [6.07, 6.45) is -0.123. The zero-order valence-corrected chi connectivity index (χ0v) is 11.9. The number of hydrogen-bond acceptors (Lipinski definition) is 4. The summed E-state index contributed by atoms with van der Waals surface area (Å²) in [5.74, 6) is 0.597. The number of hydrogen-bond donors (Lipinski definition) is 1. The minimum Gasteiger partial charge on any atom is -0.450 e. The third-order valence-electron chi connectivity index (χ3n) is 3.20. The van der Waals surface area contributed by atoms with E-state index in [1.54, 1.807) is 43.3 Å². The summed E-state index contributed by atoms with van der Waals surface area (Å²) in [6.45, 7) is 3.64. The van der Waals surface area contributed by atoms with Crippen molar-refractivity contribution in [3.63, 3.8) is 0 Å². The molecule has 1 unspecified atom stereocenters. The lowest BCUT2D eigenvalue weighted by molar-refractivity contribution is -0.385. The Bertz CT molecular complexity index is 654. The Morgan fingerprint density at radius 3 is 2.62 bits per heavy atom. The van der Waals surface area contributed by atoms with E-state index in [2.05, 4.69) is 0 Å². The first-order valence-electron chi connectivity index (χ1n) is 6.72. The highest BCUT2D eigenvalue weighted by atomic mass is 16.6. The van der Waals surface area contributed by atoms with Gasteiger partial charge < -0.3 is 9.84 Å². The van der Waals surface area contributed by atoms with Crippen molar-refractivity contribution in [1.29, 1.82) is 0 Å². The SMILES string of the molecule is CCC(O)c1ccccc1Oc1ccc(C)cc1[N+](=O)[O-]. The Kier molecular flexibility index (Phi) is 4.55. The molecule has 2 aromatic rings. The van der Waals surface area contributed by atoms with Gasteiger partial charge in [0.25, 0.3) is 0 Å². The van der Waals surface area contributed by atoms with Crippen LogP contribution in [0.4, 0.5) is 5.69 Å². The molecule has 0 amide bonds. The zero-order valence-electron chi connectivity index (χ0n) is 11.9. The van der Waals surface area contributed by atoms with Crippen LogP contribution in [0.25, 0.3) is 0 Å². The van der Waals surface area contributed by atoms with Crippen molar-refractivity contribution >= 4 is 5.69 Å². The van der Waals surface area contributed by atoms with Crippen LogP contribution in [-0.2, 0) is 0 Å². The van der Waals surface area contributed by atoms with E-state index in [9.17, 15) is 15.2 Å². The van der Waals surface area contributed by atoms with Crippen LogP contribution in [-0.4, -0.2) is 10.0 Å². The first-order valence-corrected chi connectivity index (χ1v) is 6.72. The van der Waals surface area contributed by atoms with E-state index in [1.807, 2.05) is 6.92 Å². The van der Waals surface area contributed by atoms with E-state index in [0.29, 0.717) is 17.7 Å². The van der Waals surface area contributed by atoms with Gasteiger partial charge in [-0.1, -0.05) is 31.2 Å². The minimum absolute atomic E-state index is 0.0872. The number of aliphatic hydroxyl groups is 1. The normalized spacial score (nSPS) is 12.0. The molecule has 5 heteroatoms. The van der Waals surface area contributed by atoms with E-state index in [0.717, 1.165) is 5.56 Å². The number of nitro groups is 1. The van der Waals surface area contributed by atoms with Crippen LogP contribution in [0.3, 0.4) is 0 Å². The van der Waals surface area contributed by atoms with Crippen LogP contribution in [0.15, 0.2) is 42.5 Å². The van der Waals surface area contributed by atoms with E-state index < -0.39 is 11.0 Å². The van der Waals surface area contributed by atoms with Gasteiger partial charge in [0.1, 0.15) is 5.75 Å².